The van der Waals surface area contributed by atoms with Crippen LogP contribution in [0, 0.1) is 12.8 Å². The molecule has 1 saturated carbocycles. The van der Waals surface area contributed by atoms with Gasteiger partial charge in [-0.05, 0) is 49.4 Å². The highest BCUT2D eigenvalue weighted by Crippen LogP contribution is 2.41. The molecule has 1 aliphatic rings. The molecule has 32 heavy (non-hydrogen) atoms. The highest BCUT2D eigenvalue weighted by molar-refractivity contribution is 6.33. The van der Waals surface area contributed by atoms with Crippen LogP contribution in [0.5, 0.6) is 0 Å². The molecule has 1 atom stereocenters. The summed E-state index contributed by atoms with van der Waals surface area (Å²) in [6.07, 6.45) is 3.31. The molecule has 1 unspecified atom stereocenters. The molecule has 168 valence electrons. The van der Waals surface area contributed by atoms with Gasteiger partial charge in [0.05, 0.1) is 22.3 Å². The maximum Gasteiger partial charge on any atom is 0.330 e. The Balaban J connectivity index is 1.63. The molecule has 1 aromatic heterocycles. The van der Waals surface area contributed by atoms with E-state index in [2.05, 4.69) is 10.3 Å². The zero-order valence-electron chi connectivity index (χ0n) is 17.6. The van der Waals surface area contributed by atoms with E-state index < -0.39 is 17.9 Å². The highest BCUT2D eigenvalue weighted by Gasteiger charge is 2.38. The molecule has 2 N–H and O–H groups in total. The molecule has 0 bridgehead atoms. The van der Waals surface area contributed by atoms with Gasteiger partial charge in [-0.2, -0.15) is 0 Å². The van der Waals surface area contributed by atoms with Crippen LogP contribution in [0.2, 0.25) is 5.02 Å². The van der Waals surface area contributed by atoms with Crippen molar-refractivity contribution >= 4 is 17.5 Å². The molecular formula is C24H24ClF2N3O2. The summed E-state index contributed by atoms with van der Waals surface area (Å²) in [4.78, 5) is 27.8. The third kappa shape index (κ3) is 4.78. The molecule has 1 heterocycles. The van der Waals surface area contributed by atoms with Crippen molar-refractivity contribution < 1.29 is 13.6 Å². The lowest BCUT2D eigenvalue weighted by atomic mass is 9.79. The number of halogens is 3. The fourth-order valence-corrected chi connectivity index (χ4v) is 4.43. The van der Waals surface area contributed by atoms with E-state index in [1.807, 2.05) is 31.2 Å². The number of alkyl halides is 2. The van der Waals surface area contributed by atoms with Gasteiger partial charge in [0, 0.05) is 25.2 Å². The summed E-state index contributed by atoms with van der Waals surface area (Å²) >= 11 is 6.31. The fraction of sp³-hybridized carbons (Fsp3) is 0.333. The summed E-state index contributed by atoms with van der Waals surface area (Å²) in [5.74, 6) is -3.18. The van der Waals surface area contributed by atoms with Gasteiger partial charge in [0.1, 0.15) is 0 Å². The Morgan fingerprint density at radius 1 is 1.19 bits per heavy atom. The lowest BCUT2D eigenvalue weighted by Gasteiger charge is -2.34. The zero-order chi connectivity index (χ0) is 22.9. The Morgan fingerprint density at radius 2 is 1.88 bits per heavy atom. The molecule has 1 fully saturated rings. The van der Waals surface area contributed by atoms with Crippen molar-refractivity contribution in [2.45, 2.75) is 44.6 Å². The Hall–Kier alpha value is -2.93. The zero-order valence-corrected chi connectivity index (χ0v) is 18.3. The SMILES string of the molecule is Cc1ccc(C(NC(=O)c2cc(-n3cc[nH]c3=O)ccc2Cl)C2CCC(F)(F)CC2)cc1. The standard InChI is InChI=1S/C24H24ClF2N3O2/c1-15-2-4-16(5-3-15)21(17-8-10-24(26,27)11-9-17)29-22(31)19-14-18(6-7-20(19)25)30-13-12-28-23(30)32/h2-7,12-14,17,21H,8-11H2,1H3,(H,28,32)(H,29,31). The predicted molar refractivity (Wildman–Crippen MR) is 120 cm³/mol. The van der Waals surface area contributed by atoms with Gasteiger partial charge in [0.15, 0.2) is 0 Å². The highest BCUT2D eigenvalue weighted by atomic mass is 35.5. The molecule has 8 heteroatoms. The largest absolute Gasteiger partial charge is 0.345 e. The minimum atomic E-state index is -2.65. The van der Waals surface area contributed by atoms with Gasteiger partial charge >= 0.3 is 5.69 Å². The summed E-state index contributed by atoms with van der Waals surface area (Å²) in [6.45, 7) is 1.97. The van der Waals surface area contributed by atoms with E-state index in [0.29, 0.717) is 18.5 Å². The number of hydrogen-bond donors (Lipinski definition) is 2. The number of aromatic amines is 1. The van der Waals surface area contributed by atoms with Crippen LogP contribution >= 0.6 is 11.6 Å². The van der Waals surface area contributed by atoms with Gasteiger partial charge in [0.25, 0.3) is 5.91 Å². The van der Waals surface area contributed by atoms with Crippen molar-refractivity contribution in [1.82, 2.24) is 14.9 Å². The topological polar surface area (TPSA) is 66.9 Å². The van der Waals surface area contributed by atoms with Crippen molar-refractivity contribution in [2.75, 3.05) is 0 Å². The summed E-state index contributed by atoms with van der Waals surface area (Å²) in [5, 5.41) is 3.27. The minimum Gasteiger partial charge on any atom is -0.345 e. The van der Waals surface area contributed by atoms with Crippen molar-refractivity contribution in [3.8, 4) is 5.69 Å². The number of benzene rings is 2. The Bertz CT molecular complexity index is 1160. The number of nitrogens with one attached hydrogen (secondary N) is 2. The monoisotopic (exact) mass is 459 g/mol. The number of aryl methyl sites for hydroxylation is 1. The molecule has 2 aromatic carbocycles. The summed E-state index contributed by atoms with van der Waals surface area (Å²) in [6, 6.07) is 12.1. The van der Waals surface area contributed by atoms with Crippen molar-refractivity contribution in [3.05, 3.63) is 87.1 Å². The third-order valence-electron chi connectivity index (χ3n) is 6.08. The number of carbonyl (C=O) groups is 1. The maximum absolute atomic E-state index is 13.8. The van der Waals surface area contributed by atoms with Crippen molar-refractivity contribution in [1.29, 1.82) is 0 Å². The molecule has 1 aliphatic carbocycles. The van der Waals surface area contributed by atoms with Crippen LogP contribution in [0.25, 0.3) is 5.69 Å². The number of aromatic nitrogens is 2. The summed E-state index contributed by atoms with van der Waals surface area (Å²) in [5.41, 5.74) is 2.32. The molecule has 0 aliphatic heterocycles. The van der Waals surface area contributed by atoms with Crippen LogP contribution in [-0.4, -0.2) is 21.4 Å². The van der Waals surface area contributed by atoms with E-state index in [0.717, 1.165) is 11.1 Å². The van der Waals surface area contributed by atoms with Crippen LogP contribution in [-0.2, 0) is 0 Å². The first-order valence-corrected chi connectivity index (χ1v) is 10.9. The quantitative estimate of drug-likeness (QED) is 0.534. The smallest absolute Gasteiger partial charge is 0.330 e. The fourth-order valence-electron chi connectivity index (χ4n) is 4.22. The van der Waals surface area contributed by atoms with Gasteiger partial charge < -0.3 is 10.3 Å². The van der Waals surface area contributed by atoms with Crippen LogP contribution < -0.4 is 11.0 Å². The van der Waals surface area contributed by atoms with Gasteiger partial charge in [-0.3, -0.25) is 9.36 Å². The minimum absolute atomic E-state index is 0.115. The Labute approximate surface area is 189 Å². The molecule has 0 saturated heterocycles. The van der Waals surface area contributed by atoms with E-state index in [9.17, 15) is 18.4 Å². The van der Waals surface area contributed by atoms with Crippen LogP contribution in [0.3, 0.4) is 0 Å². The first-order chi connectivity index (χ1) is 15.2. The van der Waals surface area contributed by atoms with Crippen LogP contribution in [0.1, 0.15) is 53.2 Å². The molecule has 1 amide bonds. The maximum atomic E-state index is 13.8. The van der Waals surface area contributed by atoms with Gasteiger partial charge in [0.2, 0.25) is 5.92 Å². The molecule has 0 radical (unpaired) electrons. The molecule has 0 spiro atoms. The number of carbonyl (C=O) groups excluding carboxylic acids is 1. The first kappa shape index (κ1) is 22.3. The van der Waals surface area contributed by atoms with Gasteiger partial charge in [-0.1, -0.05) is 41.4 Å². The number of rotatable bonds is 5. The molecular weight excluding hydrogens is 436 g/mol. The third-order valence-corrected chi connectivity index (χ3v) is 6.41. The average molecular weight is 460 g/mol. The lowest BCUT2D eigenvalue weighted by Crippen LogP contribution is -2.37. The summed E-state index contributed by atoms with van der Waals surface area (Å²) in [7, 11) is 0. The number of imidazole rings is 1. The average Bonchev–Trinajstić information content (AvgIpc) is 3.19. The molecule has 4 rings (SSSR count). The summed E-state index contributed by atoms with van der Waals surface area (Å²) < 4.78 is 28.9. The van der Waals surface area contributed by atoms with Gasteiger partial charge in [-0.25, -0.2) is 13.6 Å². The number of H-pyrrole nitrogens is 1. The van der Waals surface area contributed by atoms with E-state index in [-0.39, 0.29) is 35.0 Å². The van der Waals surface area contributed by atoms with E-state index in [1.165, 1.54) is 10.8 Å². The molecule has 5 nitrogen and oxygen atoms in total. The number of amides is 1. The molecule has 3 aromatic rings. The normalized spacial score (nSPS) is 17.1. The van der Waals surface area contributed by atoms with E-state index in [1.54, 1.807) is 24.4 Å². The van der Waals surface area contributed by atoms with Crippen molar-refractivity contribution in [2.24, 2.45) is 5.92 Å². The van der Waals surface area contributed by atoms with E-state index in [4.69, 9.17) is 11.6 Å². The van der Waals surface area contributed by atoms with Crippen LogP contribution in [0.15, 0.2) is 59.7 Å². The second kappa shape index (κ2) is 8.90. The van der Waals surface area contributed by atoms with E-state index >= 15 is 0 Å². The number of nitrogens with zero attached hydrogens (tertiary/aromatic N) is 1. The Kier molecular flexibility index (Phi) is 6.20. The second-order valence-corrected chi connectivity index (χ2v) is 8.76. The lowest BCUT2D eigenvalue weighted by molar-refractivity contribution is -0.0493. The first-order valence-electron chi connectivity index (χ1n) is 10.5. The Morgan fingerprint density at radius 3 is 2.50 bits per heavy atom. The second-order valence-electron chi connectivity index (χ2n) is 8.35. The van der Waals surface area contributed by atoms with Gasteiger partial charge in [-0.15, -0.1) is 0 Å². The van der Waals surface area contributed by atoms with Crippen LogP contribution in [0.4, 0.5) is 8.78 Å². The van der Waals surface area contributed by atoms with Crippen molar-refractivity contribution in [3.63, 3.8) is 0 Å². The number of hydrogen-bond acceptors (Lipinski definition) is 2. The predicted octanol–water partition coefficient (Wildman–Crippen LogP) is 5.42.